The molecule has 0 saturated heterocycles. The summed E-state index contributed by atoms with van der Waals surface area (Å²) in [7, 11) is 1.23. The van der Waals surface area contributed by atoms with Gasteiger partial charge in [-0.25, -0.2) is 0 Å². The summed E-state index contributed by atoms with van der Waals surface area (Å²) >= 11 is 0. The van der Waals surface area contributed by atoms with Crippen molar-refractivity contribution in [2.75, 3.05) is 19.0 Å². The number of nitrogens with one attached hydrogen (secondary N) is 1. The molecule has 0 aliphatic carbocycles. The van der Waals surface area contributed by atoms with Crippen LogP contribution in [0.25, 0.3) is 0 Å². The fourth-order valence-corrected chi connectivity index (χ4v) is 1.24. The zero-order chi connectivity index (χ0) is 13.4. The number of carbonyl (C=O) groups excluding carboxylic acids is 2. The zero-order valence-electron chi connectivity index (χ0n) is 10.1. The average Bonchev–Trinajstić information content (AvgIpc) is 2.37. The van der Waals surface area contributed by atoms with E-state index in [1.165, 1.54) is 7.11 Å². The fourth-order valence-electron chi connectivity index (χ4n) is 1.24. The Labute approximate surface area is 105 Å². The quantitative estimate of drug-likeness (QED) is 0.474. The standard InChI is InChI=1S/C13H15NO4/c1-3-8-18-11-7-5-4-6-10(11)14-12(15)9-13(16)17-2/h3-7H,1,8-9H2,2H3,(H,14,15). The van der Waals surface area contributed by atoms with E-state index < -0.39 is 11.9 Å². The maximum absolute atomic E-state index is 11.5. The third kappa shape index (κ3) is 4.29. The summed E-state index contributed by atoms with van der Waals surface area (Å²) in [5.41, 5.74) is 0.508. The van der Waals surface area contributed by atoms with Crippen molar-refractivity contribution in [1.82, 2.24) is 0 Å². The summed E-state index contributed by atoms with van der Waals surface area (Å²) in [4.78, 5) is 22.5. The molecule has 1 aromatic rings. The maximum atomic E-state index is 11.5. The SMILES string of the molecule is C=CCOc1ccccc1NC(=O)CC(=O)OC. The van der Waals surface area contributed by atoms with Crippen molar-refractivity contribution in [1.29, 1.82) is 0 Å². The molecule has 5 nitrogen and oxygen atoms in total. The van der Waals surface area contributed by atoms with E-state index in [-0.39, 0.29) is 6.42 Å². The van der Waals surface area contributed by atoms with E-state index in [9.17, 15) is 9.59 Å². The summed E-state index contributed by atoms with van der Waals surface area (Å²) in [5, 5.41) is 2.59. The Hall–Kier alpha value is -2.30. The molecule has 18 heavy (non-hydrogen) atoms. The van der Waals surface area contributed by atoms with Gasteiger partial charge in [-0.3, -0.25) is 9.59 Å². The van der Waals surface area contributed by atoms with Crippen molar-refractivity contribution in [3.05, 3.63) is 36.9 Å². The van der Waals surface area contributed by atoms with Crippen LogP contribution in [0.1, 0.15) is 6.42 Å². The Morgan fingerprint density at radius 2 is 2.11 bits per heavy atom. The molecule has 0 bridgehead atoms. The van der Waals surface area contributed by atoms with Crippen molar-refractivity contribution in [3.63, 3.8) is 0 Å². The van der Waals surface area contributed by atoms with Gasteiger partial charge in [0.25, 0.3) is 0 Å². The number of anilines is 1. The molecule has 1 aromatic carbocycles. The van der Waals surface area contributed by atoms with Crippen LogP contribution < -0.4 is 10.1 Å². The molecule has 1 rings (SSSR count). The monoisotopic (exact) mass is 249 g/mol. The molecule has 0 unspecified atom stereocenters. The van der Waals surface area contributed by atoms with Crippen LogP contribution in [0.5, 0.6) is 5.75 Å². The third-order valence-corrected chi connectivity index (χ3v) is 2.05. The first-order valence-electron chi connectivity index (χ1n) is 5.36. The van der Waals surface area contributed by atoms with Crippen LogP contribution >= 0.6 is 0 Å². The molecule has 0 fully saturated rings. The smallest absolute Gasteiger partial charge is 0.315 e. The summed E-state index contributed by atoms with van der Waals surface area (Å²) in [6.07, 6.45) is 1.28. The number of benzene rings is 1. The average molecular weight is 249 g/mol. The van der Waals surface area contributed by atoms with Crippen LogP contribution in [-0.4, -0.2) is 25.6 Å². The van der Waals surface area contributed by atoms with Gasteiger partial charge < -0.3 is 14.8 Å². The van der Waals surface area contributed by atoms with E-state index >= 15 is 0 Å². The Balaban J connectivity index is 2.68. The molecule has 0 aliphatic heterocycles. The Morgan fingerprint density at radius 3 is 2.78 bits per heavy atom. The highest BCUT2D eigenvalue weighted by Crippen LogP contribution is 2.23. The maximum Gasteiger partial charge on any atom is 0.315 e. The van der Waals surface area contributed by atoms with Crippen LogP contribution in [0.15, 0.2) is 36.9 Å². The number of esters is 1. The number of ether oxygens (including phenoxy) is 2. The highest BCUT2D eigenvalue weighted by molar-refractivity contribution is 6.02. The number of para-hydroxylation sites is 2. The van der Waals surface area contributed by atoms with Crippen molar-refractivity contribution in [2.45, 2.75) is 6.42 Å². The Morgan fingerprint density at radius 1 is 1.39 bits per heavy atom. The number of rotatable bonds is 6. The summed E-state index contributed by atoms with van der Waals surface area (Å²) in [6.45, 7) is 3.88. The van der Waals surface area contributed by atoms with Crippen LogP contribution in [0, 0.1) is 0 Å². The van der Waals surface area contributed by atoms with Gasteiger partial charge in [0.15, 0.2) is 0 Å². The first kappa shape index (κ1) is 13.8. The van der Waals surface area contributed by atoms with Gasteiger partial charge >= 0.3 is 5.97 Å². The lowest BCUT2D eigenvalue weighted by molar-refractivity contribution is -0.142. The molecule has 0 aromatic heterocycles. The van der Waals surface area contributed by atoms with E-state index in [2.05, 4.69) is 16.6 Å². The molecule has 0 saturated carbocycles. The number of hydrogen-bond acceptors (Lipinski definition) is 4. The van der Waals surface area contributed by atoms with Crippen LogP contribution in [0.2, 0.25) is 0 Å². The molecular weight excluding hydrogens is 234 g/mol. The predicted octanol–water partition coefficient (Wildman–Crippen LogP) is 1.75. The zero-order valence-corrected chi connectivity index (χ0v) is 10.1. The second-order valence-electron chi connectivity index (χ2n) is 3.40. The molecule has 0 heterocycles. The van der Waals surface area contributed by atoms with E-state index in [1.807, 2.05) is 0 Å². The molecule has 1 amide bonds. The molecule has 0 atom stereocenters. The molecule has 0 radical (unpaired) electrons. The van der Waals surface area contributed by atoms with Gasteiger partial charge in [-0.15, -0.1) is 0 Å². The minimum absolute atomic E-state index is 0.327. The molecule has 0 spiro atoms. The first-order valence-corrected chi connectivity index (χ1v) is 5.36. The van der Waals surface area contributed by atoms with Gasteiger partial charge in [0.05, 0.1) is 12.8 Å². The second kappa shape index (κ2) is 7.11. The van der Waals surface area contributed by atoms with Crippen molar-refractivity contribution in [2.24, 2.45) is 0 Å². The highest BCUT2D eigenvalue weighted by atomic mass is 16.5. The van der Waals surface area contributed by atoms with Gasteiger partial charge in [0.2, 0.25) is 5.91 Å². The molecule has 5 heteroatoms. The van der Waals surface area contributed by atoms with Crippen molar-refractivity contribution < 1.29 is 19.1 Å². The topological polar surface area (TPSA) is 64.6 Å². The summed E-state index contributed by atoms with van der Waals surface area (Å²) < 4.78 is 9.78. The molecule has 0 aliphatic rings. The van der Waals surface area contributed by atoms with E-state index in [0.717, 1.165) is 0 Å². The molecule has 1 N–H and O–H groups in total. The summed E-state index contributed by atoms with van der Waals surface area (Å²) in [6, 6.07) is 6.95. The molecular formula is C13H15NO4. The lowest BCUT2D eigenvalue weighted by Gasteiger charge is -2.10. The first-order chi connectivity index (χ1) is 8.67. The number of hydrogen-bond donors (Lipinski definition) is 1. The van der Waals surface area contributed by atoms with Crippen molar-refractivity contribution >= 4 is 17.6 Å². The number of carbonyl (C=O) groups is 2. The van der Waals surface area contributed by atoms with Crippen LogP contribution in [-0.2, 0) is 14.3 Å². The minimum Gasteiger partial charge on any atom is -0.487 e. The van der Waals surface area contributed by atoms with Gasteiger partial charge in [-0.2, -0.15) is 0 Å². The molecule has 96 valence electrons. The van der Waals surface area contributed by atoms with E-state index in [4.69, 9.17) is 4.74 Å². The van der Waals surface area contributed by atoms with Gasteiger partial charge in [-0.1, -0.05) is 24.8 Å². The highest BCUT2D eigenvalue weighted by Gasteiger charge is 2.11. The number of methoxy groups -OCH3 is 1. The van der Waals surface area contributed by atoms with Gasteiger partial charge in [-0.05, 0) is 12.1 Å². The predicted molar refractivity (Wildman–Crippen MR) is 67.4 cm³/mol. The van der Waals surface area contributed by atoms with Gasteiger partial charge in [0, 0.05) is 0 Å². The second-order valence-corrected chi connectivity index (χ2v) is 3.40. The number of amides is 1. The summed E-state index contributed by atoms with van der Waals surface area (Å²) in [5.74, 6) is -0.510. The lowest BCUT2D eigenvalue weighted by Crippen LogP contribution is -2.17. The fraction of sp³-hybridized carbons (Fsp3) is 0.231. The van der Waals surface area contributed by atoms with Gasteiger partial charge in [0.1, 0.15) is 18.8 Å². The van der Waals surface area contributed by atoms with Crippen LogP contribution in [0.3, 0.4) is 0 Å². The normalized spacial score (nSPS) is 9.39. The largest absolute Gasteiger partial charge is 0.487 e. The minimum atomic E-state index is -0.586. The van der Waals surface area contributed by atoms with Crippen molar-refractivity contribution in [3.8, 4) is 5.75 Å². The lowest BCUT2D eigenvalue weighted by atomic mass is 10.3. The van der Waals surface area contributed by atoms with E-state index in [1.54, 1.807) is 30.3 Å². The third-order valence-electron chi connectivity index (χ3n) is 2.05. The Kier molecular flexibility index (Phi) is 5.44. The van der Waals surface area contributed by atoms with Crippen LogP contribution in [0.4, 0.5) is 5.69 Å². The van der Waals surface area contributed by atoms with E-state index in [0.29, 0.717) is 18.0 Å². The Bertz CT molecular complexity index is 442.